The highest BCUT2D eigenvalue weighted by Crippen LogP contribution is 2.27. The number of benzene rings is 1. The van der Waals surface area contributed by atoms with Crippen LogP contribution in [0.4, 0.5) is 0 Å². The van der Waals surface area contributed by atoms with Gasteiger partial charge in [-0.15, -0.1) is 11.8 Å². The molecule has 1 aromatic carbocycles. The van der Waals surface area contributed by atoms with E-state index in [1.165, 1.54) is 24.6 Å². The van der Waals surface area contributed by atoms with E-state index in [0.717, 1.165) is 12.1 Å². The molecule has 108 valence electrons. The zero-order valence-corrected chi connectivity index (χ0v) is 12.1. The molecule has 1 aliphatic rings. The fourth-order valence-electron chi connectivity index (χ4n) is 1.85. The van der Waals surface area contributed by atoms with E-state index in [1.807, 2.05) is 30.3 Å². The van der Waals surface area contributed by atoms with Crippen LogP contribution in [0.1, 0.15) is 18.4 Å². The summed E-state index contributed by atoms with van der Waals surface area (Å²) in [6.07, 6.45) is 2.83. The first kappa shape index (κ1) is 14.9. The van der Waals surface area contributed by atoms with Crippen molar-refractivity contribution in [3.05, 3.63) is 35.9 Å². The fourth-order valence-corrected chi connectivity index (χ4v) is 2.76. The SMILES string of the molecule is O=C(CSC(Cc1ccccc1)C(=O)O)NCC1CC1. The van der Waals surface area contributed by atoms with E-state index in [1.54, 1.807) is 0 Å². The van der Waals surface area contributed by atoms with E-state index < -0.39 is 11.2 Å². The van der Waals surface area contributed by atoms with E-state index >= 15 is 0 Å². The Bertz CT molecular complexity index is 459. The Balaban J connectivity index is 1.76. The summed E-state index contributed by atoms with van der Waals surface area (Å²) in [6, 6.07) is 9.49. The highest BCUT2D eigenvalue weighted by atomic mass is 32.2. The lowest BCUT2D eigenvalue weighted by Crippen LogP contribution is -2.29. The van der Waals surface area contributed by atoms with Crippen molar-refractivity contribution < 1.29 is 14.7 Å². The largest absolute Gasteiger partial charge is 0.480 e. The van der Waals surface area contributed by atoms with E-state index in [4.69, 9.17) is 0 Å². The predicted molar refractivity (Wildman–Crippen MR) is 79.8 cm³/mol. The number of hydrogen-bond donors (Lipinski definition) is 2. The fraction of sp³-hybridized carbons (Fsp3) is 0.467. The molecule has 20 heavy (non-hydrogen) atoms. The van der Waals surface area contributed by atoms with Crippen LogP contribution in [0.5, 0.6) is 0 Å². The predicted octanol–water partition coefficient (Wildman–Crippen LogP) is 1.94. The molecule has 0 aromatic heterocycles. The summed E-state index contributed by atoms with van der Waals surface area (Å²) >= 11 is 1.19. The summed E-state index contributed by atoms with van der Waals surface area (Å²) in [5.41, 5.74) is 0.978. The van der Waals surface area contributed by atoms with Crippen LogP contribution in [-0.4, -0.2) is 34.5 Å². The Morgan fingerprint density at radius 3 is 2.60 bits per heavy atom. The maximum Gasteiger partial charge on any atom is 0.316 e. The molecule has 2 N–H and O–H groups in total. The number of carbonyl (C=O) groups is 2. The maximum atomic E-state index is 11.6. The second kappa shape index (κ2) is 7.33. The number of amides is 1. The zero-order valence-electron chi connectivity index (χ0n) is 11.2. The molecule has 4 nitrogen and oxygen atoms in total. The van der Waals surface area contributed by atoms with E-state index in [-0.39, 0.29) is 11.7 Å². The van der Waals surface area contributed by atoms with Crippen molar-refractivity contribution >= 4 is 23.6 Å². The highest BCUT2D eigenvalue weighted by molar-refractivity contribution is 8.01. The lowest BCUT2D eigenvalue weighted by atomic mass is 10.1. The zero-order chi connectivity index (χ0) is 14.4. The van der Waals surface area contributed by atoms with Gasteiger partial charge in [-0.05, 0) is 30.7 Å². The summed E-state index contributed by atoms with van der Waals surface area (Å²) in [7, 11) is 0. The average Bonchev–Trinajstić information content (AvgIpc) is 3.26. The summed E-state index contributed by atoms with van der Waals surface area (Å²) in [6.45, 7) is 0.732. The summed E-state index contributed by atoms with van der Waals surface area (Å²) < 4.78 is 0. The van der Waals surface area contributed by atoms with Gasteiger partial charge >= 0.3 is 5.97 Å². The number of aliphatic carboxylic acids is 1. The van der Waals surface area contributed by atoms with Crippen LogP contribution < -0.4 is 5.32 Å². The molecular weight excluding hydrogens is 274 g/mol. The third-order valence-corrected chi connectivity index (χ3v) is 4.44. The Labute approximate surface area is 123 Å². The van der Waals surface area contributed by atoms with Gasteiger partial charge in [0.2, 0.25) is 5.91 Å². The van der Waals surface area contributed by atoms with Crippen LogP contribution in [0.3, 0.4) is 0 Å². The van der Waals surface area contributed by atoms with Gasteiger partial charge in [0.25, 0.3) is 0 Å². The third-order valence-electron chi connectivity index (χ3n) is 3.24. The van der Waals surface area contributed by atoms with Crippen molar-refractivity contribution in [1.82, 2.24) is 5.32 Å². The van der Waals surface area contributed by atoms with E-state index in [2.05, 4.69) is 5.32 Å². The van der Waals surface area contributed by atoms with Crippen molar-refractivity contribution in [2.75, 3.05) is 12.3 Å². The van der Waals surface area contributed by atoms with Crippen LogP contribution in [0.2, 0.25) is 0 Å². The summed E-state index contributed by atoms with van der Waals surface area (Å²) in [5.74, 6) is -0.0881. The maximum absolute atomic E-state index is 11.6. The molecule has 0 bridgehead atoms. The minimum Gasteiger partial charge on any atom is -0.480 e. The second-order valence-electron chi connectivity index (χ2n) is 5.08. The number of carboxylic acids is 1. The quantitative estimate of drug-likeness (QED) is 0.769. The standard InChI is InChI=1S/C15H19NO3S/c17-14(16-9-12-6-7-12)10-20-13(15(18)19)8-11-4-2-1-3-5-11/h1-5,12-13H,6-10H2,(H,16,17)(H,18,19). The molecule has 1 unspecified atom stereocenters. The Morgan fingerprint density at radius 1 is 1.30 bits per heavy atom. The topological polar surface area (TPSA) is 66.4 Å². The number of carbonyl (C=O) groups excluding carboxylic acids is 1. The van der Waals surface area contributed by atoms with Gasteiger partial charge in [-0.1, -0.05) is 30.3 Å². The molecule has 1 atom stereocenters. The van der Waals surface area contributed by atoms with Crippen LogP contribution in [0.15, 0.2) is 30.3 Å². The molecule has 1 fully saturated rings. The van der Waals surface area contributed by atoms with Gasteiger partial charge in [-0.3, -0.25) is 9.59 Å². The van der Waals surface area contributed by atoms with Crippen molar-refractivity contribution in [2.45, 2.75) is 24.5 Å². The molecule has 0 spiro atoms. The normalized spacial score (nSPS) is 15.6. The summed E-state index contributed by atoms with van der Waals surface area (Å²) in [5, 5.41) is 11.5. The molecule has 2 rings (SSSR count). The Hall–Kier alpha value is -1.49. The second-order valence-corrected chi connectivity index (χ2v) is 6.27. The van der Waals surface area contributed by atoms with Gasteiger partial charge in [0.05, 0.1) is 5.75 Å². The lowest BCUT2D eigenvalue weighted by Gasteiger charge is -2.12. The first-order chi connectivity index (χ1) is 9.65. The number of rotatable bonds is 8. The molecule has 1 aliphatic carbocycles. The first-order valence-corrected chi connectivity index (χ1v) is 7.85. The van der Waals surface area contributed by atoms with E-state index in [9.17, 15) is 14.7 Å². The van der Waals surface area contributed by atoms with Crippen LogP contribution in [-0.2, 0) is 16.0 Å². The van der Waals surface area contributed by atoms with Gasteiger partial charge < -0.3 is 10.4 Å². The Kier molecular flexibility index (Phi) is 5.47. The van der Waals surface area contributed by atoms with Crippen molar-refractivity contribution in [3.8, 4) is 0 Å². The first-order valence-electron chi connectivity index (χ1n) is 6.80. The lowest BCUT2D eigenvalue weighted by molar-refractivity contribution is -0.136. The average molecular weight is 293 g/mol. The number of hydrogen-bond acceptors (Lipinski definition) is 3. The highest BCUT2D eigenvalue weighted by Gasteiger charge is 2.23. The van der Waals surface area contributed by atoms with Gasteiger partial charge in [-0.25, -0.2) is 0 Å². The molecule has 1 amide bonds. The smallest absolute Gasteiger partial charge is 0.316 e. The van der Waals surface area contributed by atoms with Gasteiger partial charge in [0.15, 0.2) is 0 Å². The molecule has 5 heteroatoms. The molecule has 0 aliphatic heterocycles. The van der Waals surface area contributed by atoms with Crippen molar-refractivity contribution in [2.24, 2.45) is 5.92 Å². The number of nitrogens with one attached hydrogen (secondary N) is 1. The molecular formula is C15H19NO3S. The number of carboxylic acid groups (broad SMARTS) is 1. The van der Waals surface area contributed by atoms with Crippen LogP contribution in [0, 0.1) is 5.92 Å². The van der Waals surface area contributed by atoms with Crippen molar-refractivity contribution in [3.63, 3.8) is 0 Å². The van der Waals surface area contributed by atoms with Gasteiger partial charge in [0.1, 0.15) is 5.25 Å². The number of thioether (sulfide) groups is 1. The molecule has 0 saturated heterocycles. The molecule has 0 radical (unpaired) electrons. The van der Waals surface area contributed by atoms with Crippen molar-refractivity contribution in [1.29, 1.82) is 0 Å². The molecule has 1 saturated carbocycles. The van der Waals surface area contributed by atoms with Crippen LogP contribution >= 0.6 is 11.8 Å². The van der Waals surface area contributed by atoms with Crippen LogP contribution in [0.25, 0.3) is 0 Å². The van der Waals surface area contributed by atoms with Gasteiger partial charge in [0, 0.05) is 6.54 Å². The minimum absolute atomic E-state index is 0.0683. The third kappa shape index (κ3) is 5.25. The van der Waals surface area contributed by atoms with E-state index in [0.29, 0.717) is 12.3 Å². The monoisotopic (exact) mass is 293 g/mol. The molecule has 1 aromatic rings. The molecule has 0 heterocycles. The minimum atomic E-state index is -0.867. The van der Waals surface area contributed by atoms with Gasteiger partial charge in [-0.2, -0.15) is 0 Å². The summed E-state index contributed by atoms with van der Waals surface area (Å²) in [4.78, 5) is 22.9. The Morgan fingerprint density at radius 2 is 2.00 bits per heavy atom.